The van der Waals surface area contributed by atoms with Crippen molar-refractivity contribution in [3.05, 3.63) is 269 Å². The van der Waals surface area contributed by atoms with Crippen molar-refractivity contribution < 1.29 is 82.1 Å². The lowest BCUT2D eigenvalue weighted by atomic mass is 9.98. The fourth-order valence-electron chi connectivity index (χ4n) is 13.4. The smallest absolute Gasteiger partial charge is 0.407 e. The molecule has 7 N–H and O–H groups in total. The fraction of sp³-hybridized carbons (Fsp3) is 0.306. The Morgan fingerprint density at radius 2 is 0.800 bits per heavy atom. The highest BCUT2D eigenvalue weighted by Crippen LogP contribution is 2.47. The van der Waals surface area contributed by atoms with Crippen LogP contribution in [0, 0.1) is 0 Å². The predicted octanol–water partition coefficient (Wildman–Crippen LogP) is 11.4. The van der Waals surface area contributed by atoms with Gasteiger partial charge in [0.15, 0.2) is 17.6 Å². The lowest BCUT2D eigenvalue weighted by Crippen LogP contribution is -2.58. The summed E-state index contributed by atoms with van der Waals surface area (Å²) < 4.78 is 32.1. The zero-order chi connectivity index (χ0) is 77.8. The lowest BCUT2D eigenvalue weighted by molar-refractivity contribution is -0.178. The van der Waals surface area contributed by atoms with Gasteiger partial charge < -0.3 is 65.0 Å². The van der Waals surface area contributed by atoms with Crippen LogP contribution >= 0.6 is 0 Å². The lowest BCUT2D eigenvalue weighted by Gasteiger charge is -2.35. The second-order valence-corrected chi connectivity index (χ2v) is 27.1. The third-order valence-electron chi connectivity index (χ3n) is 19.3. The number of carboxylic acids is 2. The number of benzene rings is 6. The molecule has 13 rings (SSSR count). The summed E-state index contributed by atoms with van der Waals surface area (Å²) in [5.41, 5.74) is 14.4. The Balaban J connectivity index is 0.000000182. The first-order valence-corrected chi connectivity index (χ1v) is 35.4. The molecule has 0 bridgehead atoms. The molecule has 0 saturated carbocycles. The minimum atomic E-state index is -1.50. The zero-order valence-corrected chi connectivity index (χ0v) is 61.4. The van der Waals surface area contributed by atoms with E-state index in [9.17, 15) is 48.6 Å². The number of carbonyl (C=O) groups excluding carboxylic acids is 6. The maximum absolute atomic E-state index is 13.7. The molecule has 5 atom stereocenters. The molecule has 6 aromatic carbocycles. The summed E-state index contributed by atoms with van der Waals surface area (Å²) in [5.74, 6) is -4.73. The Morgan fingerprint density at radius 3 is 1.09 bits per heavy atom. The van der Waals surface area contributed by atoms with E-state index in [1.165, 1.54) is 23.0 Å². The van der Waals surface area contributed by atoms with E-state index in [0.29, 0.717) is 17.5 Å². The quantitative estimate of drug-likeness (QED) is 0.0218. The van der Waals surface area contributed by atoms with Gasteiger partial charge in [-0.05, 0) is 136 Å². The molecule has 3 aromatic heterocycles. The number of Topliss-reactive ketones (excluding diaryl/α,β-unsaturated/α-hetero) is 1. The number of pyridine rings is 3. The zero-order valence-electron chi connectivity index (χ0n) is 61.4. The molecular formula is C85H92N8O17. The number of rotatable bonds is 24. The third kappa shape index (κ3) is 20.6. The van der Waals surface area contributed by atoms with E-state index in [1.54, 1.807) is 95.6 Å². The molecule has 25 nitrogen and oxygen atoms in total. The summed E-state index contributed by atoms with van der Waals surface area (Å²) in [6, 6.07) is 53.3. The summed E-state index contributed by atoms with van der Waals surface area (Å²) in [7, 11) is 3.23. The van der Waals surface area contributed by atoms with E-state index in [4.69, 9.17) is 33.5 Å². The van der Waals surface area contributed by atoms with E-state index >= 15 is 0 Å². The first kappa shape index (κ1) is 82.0. The number of aromatic nitrogens is 3. The molecule has 0 spiro atoms. The first-order valence-electron chi connectivity index (χ1n) is 35.4. The molecule has 4 heterocycles. The number of alkyl carbamates (subject to hydrolysis) is 3. The van der Waals surface area contributed by atoms with E-state index in [-0.39, 0.29) is 70.2 Å². The minimum absolute atomic E-state index is 0. The number of ketones is 1. The average molecular weight is 1500 g/mol. The van der Waals surface area contributed by atoms with Crippen LogP contribution in [0.3, 0.4) is 0 Å². The van der Waals surface area contributed by atoms with Crippen molar-refractivity contribution in [2.45, 2.75) is 121 Å². The molecule has 0 unspecified atom stereocenters. The second kappa shape index (κ2) is 38.2. The number of carboxylic acid groups (broad SMARTS) is 2. The van der Waals surface area contributed by atoms with Gasteiger partial charge in [0.25, 0.3) is 0 Å². The van der Waals surface area contributed by atoms with Crippen LogP contribution in [0.5, 0.6) is 0 Å². The van der Waals surface area contributed by atoms with Crippen molar-refractivity contribution in [1.82, 2.24) is 41.1 Å². The largest absolute Gasteiger partial charge is 0.480 e. The first-order chi connectivity index (χ1) is 52.5. The standard InChI is InChI=1S/C29H29N3O6.C26H25N3O6.C24H22N2O3.C5H12O2.CH4/c1-29(2)32(25(17-38-29)27(34)35)26(33)24(14-18-8-7-13-30-15-18)31-28(36)37-16-23-21-11-5-3-9-19(21)20-10-4-6-12-22(20)23;30-14-23(25(32)33)28-24(31)22(12-16-6-5-11-27-13-16)29-26(34)35-15-21-19-9-3-1-7-17(19)18-8-2-4-10-20(18)21;1-16(27)23(13-17-7-6-12-25-14-17)26-24(28)29-15-22-20-10-4-2-8-18(20)19-9-3-5-11-21(19)22;1-5(2,6-3)7-4;/h3-13,15,23-25H,14,16-17H2,1-2H3,(H,31,36)(H,34,35);1-11,13,21-23,30H,12,14-15H2,(H,28,31)(H,29,34)(H,32,33);2-12,14,22-23H,13,15H2,1H3,(H,26,28);1-4H3;1H4/t24-,25+;22-,23+;23-;;/m111../s1. The van der Waals surface area contributed by atoms with E-state index in [1.807, 2.05) is 129 Å². The monoisotopic (exact) mass is 1500 g/mol. The molecule has 0 radical (unpaired) electrons. The van der Waals surface area contributed by atoms with Gasteiger partial charge in [0.2, 0.25) is 11.8 Å². The van der Waals surface area contributed by atoms with Crippen LogP contribution in [0.2, 0.25) is 0 Å². The van der Waals surface area contributed by atoms with Gasteiger partial charge in [-0.3, -0.25) is 34.2 Å². The number of nitrogens with one attached hydrogen (secondary N) is 4. The highest BCUT2D eigenvalue weighted by atomic mass is 16.7. The normalized spacial score (nSPS) is 15.0. The minimum Gasteiger partial charge on any atom is -0.480 e. The Morgan fingerprint density at radius 1 is 0.482 bits per heavy atom. The van der Waals surface area contributed by atoms with E-state index in [0.717, 1.165) is 61.2 Å². The number of ether oxygens (including phenoxy) is 6. The van der Waals surface area contributed by atoms with Crippen molar-refractivity contribution in [2.24, 2.45) is 0 Å². The SMILES string of the molecule is C.CC(=O)[C@@H](Cc1cccnc1)NC(=O)OCC1c2ccccc2-c2ccccc21.CC1(C)OC[C@@H](C(=O)O)N1C(=O)[C@@H](Cc1cccnc1)NC(=O)OCC1c2ccccc2-c2ccccc21.COC(C)(C)OC.O=C(N[C@H](Cc1cccnc1)C(=O)N[C@@H](CO)C(=O)O)OCC1c2ccccc2-c2ccccc21. The van der Waals surface area contributed by atoms with Gasteiger partial charge in [0, 0.05) is 88.4 Å². The number of fused-ring (bicyclic) bond motifs is 9. The van der Waals surface area contributed by atoms with Gasteiger partial charge in [-0.2, -0.15) is 0 Å². The van der Waals surface area contributed by atoms with Crippen LogP contribution in [0.1, 0.15) is 110 Å². The number of amides is 5. The molecule has 3 aliphatic carbocycles. The number of hydrogen-bond acceptors (Lipinski definition) is 18. The van der Waals surface area contributed by atoms with E-state index < -0.39 is 90.4 Å². The molecule has 4 aliphatic rings. The van der Waals surface area contributed by atoms with Crippen LogP contribution in [-0.2, 0) is 71.7 Å². The number of aliphatic hydroxyl groups excluding tert-OH is 1. The number of nitrogens with zero attached hydrogens (tertiary/aromatic N) is 4. The molecular weight excluding hydrogens is 1400 g/mol. The Labute approximate surface area is 638 Å². The number of hydrogen-bond donors (Lipinski definition) is 7. The number of carbonyl (C=O) groups is 8. The Bertz CT molecular complexity index is 4520. The van der Waals surface area contributed by atoms with Crippen LogP contribution < -0.4 is 21.3 Å². The predicted molar refractivity (Wildman–Crippen MR) is 410 cm³/mol. The van der Waals surface area contributed by atoms with Gasteiger partial charge in [-0.1, -0.05) is 171 Å². The topological polar surface area (TPSA) is 343 Å². The van der Waals surface area contributed by atoms with E-state index in [2.05, 4.69) is 72.6 Å². The van der Waals surface area contributed by atoms with Crippen molar-refractivity contribution in [1.29, 1.82) is 0 Å². The molecule has 574 valence electrons. The van der Waals surface area contributed by atoms with Gasteiger partial charge in [0.05, 0.1) is 19.3 Å². The molecule has 1 fully saturated rings. The van der Waals surface area contributed by atoms with Crippen LogP contribution in [0.15, 0.2) is 219 Å². The Hall–Kier alpha value is -12.0. The van der Waals surface area contributed by atoms with Crippen molar-refractivity contribution in [3.63, 3.8) is 0 Å². The highest BCUT2D eigenvalue weighted by molar-refractivity contribution is 5.92. The van der Waals surface area contributed by atoms with Gasteiger partial charge in [0.1, 0.15) is 43.7 Å². The second-order valence-electron chi connectivity index (χ2n) is 27.1. The number of aliphatic hydroxyl groups is 1. The molecule has 110 heavy (non-hydrogen) atoms. The van der Waals surface area contributed by atoms with Crippen LogP contribution in [0.4, 0.5) is 14.4 Å². The molecule has 25 heteroatoms. The summed E-state index contributed by atoms with van der Waals surface area (Å²) in [6.07, 6.45) is 8.06. The number of methoxy groups -OCH3 is 2. The summed E-state index contributed by atoms with van der Waals surface area (Å²) in [5, 5.41) is 38.2. The average Bonchev–Trinajstić information content (AvgIpc) is 1.65. The third-order valence-corrected chi connectivity index (χ3v) is 19.3. The molecule has 1 saturated heterocycles. The number of aliphatic carboxylic acids is 2. The maximum atomic E-state index is 13.7. The summed E-state index contributed by atoms with van der Waals surface area (Å²) in [6.45, 7) is 7.87. The summed E-state index contributed by atoms with van der Waals surface area (Å²) >= 11 is 0. The van der Waals surface area contributed by atoms with Crippen LogP contribution in [-0.4, -0.2) is 172 Å². The molecule has 5 amide bonds. The maximum Gasteiger partial charge on any atom is 0.407 e. The summed E-state index contributed by atoms with van der Waals surface area (Å²) in [4.78, 5) is 113. The molecule has 9 aromatic rings. The van der Waals surface area contributed by atoms with Crippen molar-refractivity contribution in [2.75, 3.05) is 47.3 Å². The van der Waals surface area contributed by atoms with Gasteiger partial charge in [-0.15, -0.1) is 0 Å². The fourth-order valence-corrected chi connectivity index (χ4v) is 13.4. The van der Waals surface area contributed by atoms with Crippen molar-refractivity contribution in [3.8, 4) is 33.4 Å². The van der Waals surface area contributed by atoms with Gasteiger partial charge in [-0.25, -0.2) is 24.0 Å². The van der Waals surface area contributed by atoms with Crippen LogP contribution in [0.25, 0.3) is 33.4 Å². The highest BCUT2D eigenvalue weighted by Gasteiger charge is 2.49. The Kier molecular flexibility index (Phi) is 28.5. The van der Waals surface area contributed by atoms with Crippen molar-refractivity contribution >= 4 is 47.8 Å². The van der Waals surface area contributed by atoms with Gasteiger partial charge >= 0.3 is 30.2 Å². The molecule has 1 aliphatic heterocycles.